The van der Waals surface area contributed by atoms with E-state index in [0.29, 0.717) is 19.4 Å². The highest BCUT2D eigenvalue weighted by molar-refractivity contribution is 6.03. The molecule has 0 aromatic heterocycles. The van der Waals surface area contributed by atoms with Crippen LogP contribution >= 0.6 is 0 Å². The van der Waals surface area contributed by atoms with Crippen LogP contribution in [0.3, 0.4) is 0 Å². The van der Waals surface area contributed by atoms with Gasteiger partial charge in [-0.1, -0.05) is 88.4 Å². The molecular formula is C45H71N3O7. The first kappa shape index (κ1) is 43.2. The van der Waals surface area contributed by atoms with E-state index < -0.39 is 11.8 Å². The zero-order chi connectivity index (χ0) is 39.0. The molecule has 1 saturated heterocycles. The van der Waals surface area contributed by atoms with Gasteiger partial charge in [-0.15, -0.1) is 6.58 Å². The summed E-state index contributed by atoms with van der Waals surface area (Å²) < 4.78 is 20.6. The number of likely N-dealkylation sites (N-methyl/N-ethyl adjacent to an activating group) is 1. The Morgan fingerprint density at radius 2 is 1.73 bits per heavy atom. The molecule has 2 aliphatic heterocycles. The van der Waals surface area contributed by atoms with Gasteiger partial charge < -0.3 is 34.2 Å². The molecule has 0 bridgehead atoms. The summed E-state index contributed by atoms with van der Waals surface area (Å²) >= 11 is 0. The van der Waals surface area contributed by atoms with Crippen molar-refractivity contribution < 1.29 is 34.1 Å². The van der Waals surface area contributed by atoms with Crippen LogP contribution in [-0.4, -0.2) is 104 Å². The van der Waals surface area contributed by atoms with Crippen LogP contribution < -0.4 is 9.47 Å². The van der Waals surface area contributed by atoms with Gasteiger partial charge in [-0.25, -0.2) is 0 Å². The minimum absolute atomic E-state index is 0.0483. The number of oxime groups is 1. The van der Waals surface area contributed by atoms with Crippen molar-refractivity contribution in [2.75, 3.05) is 60.2 Å². The van der Waals surface area contributed by atoms with E-state index in [2.05, 4.69) is 35.7 Å². The van der Waals surface area contributed by atoms with E-state index in [9.17, 15) is 15.0 Å². The Kier molecular flexibility index (Phi) is 17.4. The Hall–Kier alpha value is -2.92. The van der Waals surface area contributed by atoms with Crippen LogP contribution in [0.15, 0.2) is 47.7 Å². The first-order chi connectivity index (χ1) is 26.9. The van der Waals surface area contributed by atoms with Gasteiger partial charge in [0.2, 0.25) is 11.7 Å². The molecular weight excluding hydrogens is 695 g/mol. The summed E-state index contributed by atoms with van der Waals surface area (Å²) in [6, 6.07) is 5.72. The van der Waals surface area contributed by atoms with Crippen LogP contribution in [0, 0.1) is 17.8 Å². The standard InChI is InChI=1S/C45H71N3O7/c1-5-7-8-9-10-11-12-13-14-21-42(51)47(3)41-33-39(46-52-4)37-31-34(19-15-17-27-49)36(20-16-18-28-50)43-38-32-35(53-30-26-48-24-25-48)22-23-40(38)55-45(41,44(37)43)54-29-6-2/h6,22-23,31-32,34,36,41,43-44,49-50H,2,5,7-21,24-30,33H2,1,3-4H3. The van der Waals surface area contributed by atoms with E-state index in [1.165, 1.54) is 38.5 Å². The van der Waals surface area contributed by atoms with E-state index >= 15 is 0 Å². The number of unbranched alkanes of at least 4 members (excludes halogenated alkanes) is 10. The normalized spacial score (nSPS) is 26.1. The van der Waals surface area contributed by atoms with Gasteiger partial charge in [0.25, 0.3) is 0 Å². The summed E-state index contributed by atoms with van der Waals surface area (Å²) in [6.45, 7) is 10.6. The highest BCUT2D eigenvalue weighted by Crippen LogP contribution is 2.61. The molecule has 1 aromatic rings. The molecule has 2 fully saturated rings. The number of carbonyl (C=O) groups is 1. The maximum absolute atomic E-state index is 14.2. The van der Waals surface area contributed by atoms with Crippen LogP contribution in [0.5, 0.6) is 11.5 Å². The third-order valence-electron chi connectivity index (χ3n) is 12.4. The number of aliphatic hydroxyl groups is 2. The van der Waals surface area contributed by atoms with Crippen LogP contribution in [0.2, 0.25) is 0 Å². The number of fused-ring (bicyclic) bond motifs is 2. The zero-order valence-electron chi connectivity index (χ0n) is 34.2. The summed E-state index contributed by atoms with van der Waals surface area (Å²) in [5.41, 5.74) is 2.96. The van der Waals surface area contributed by atoms with Crippen LogP contribution in [-0.2, 0) is 14.4 Å². The third-order valence-corrected chi connectivity index (χ3v) is 12.4. The second-order valence-electron chi connectivity index (χ2n) is 16.2. The molecule has 2 N–H and O–H groups in total. The first-order valence-electron chi connectivity index (χ1n) is 21.6. The van der Waals surface area contributed by atoms with Crippen molar-refractivity contribution in [3.63, 3.8) is 0 Å². The lowest BCUT2D eigenvalue weighted by Crippen LogP contribution is -2.69. The maximum atomic E-state index is 14.2. The number of hydrogen-bond donors (Lipinski definition) is 2. The number of rotatable bonds is 27. The first-order valence-corrected chi connectivity index (χ1v) is 21.6. The molecule has 1 aromatic carbocycles. The van der Waals surface area contributed by atoms with Crippen LogP contribution in [0.4, 0.5) is 0 Å². The lowest BCUT2D eigenvalue weighted by Gasteiger charge is -2.59. The van der Waals surface area contributed by atoms with Gasteiger partial charge in [0.1, 0.15) is 31.3 Å². The number of nitrogens with zero attached hydrogens (tertiary/aromatic N) is 3. The number of allylic oxidation sites excluding steroid dienone is 1. The molecule has 10 nitrogen and oxygen atoms in total. The van der Waals surface area contributed by atoms with Crippen molar-refractivity contribution in [3.05, 3.63) is 48.1 Å². The summed E-state index contributed by atoms with van der Waals surface area (Å²) in [5, 5.41) is 24.3. The Morgan fingerprint density at radius 3 is 2.40 bits per heavy atom. The molecule has 6 unspecified atom stereocenters. The number of amides is 1. The van der Waals surface area contributed by atoms with Crippen molar-refractivity contribution in [3.8, 4) is 11.5 Å². The predicted octanol–water partition coefficient (Wildman–Crippen LogP) is 8.02. The van der Waals surface area contributed by atoms with E-state index in [0.717, 1.165) is 106 Å². The second kappa shape index (κ2) is 22.1. The van der Waals surface area contributed by atoms with Crippen LogP contribution in [0.25, 0.3) is 0 Å². The average Bonchev–Trinajstić information content (AvgIpc) is 4.02. The van der Waals surface area contributed by atoms with Crippen molar-refractivity contribution in [1.29, 1.82) is 0 Å². The molecule has 1 saturated carbocycles. The van der Waals surface area contributed by atoms with Crippen molar-refractivity contribution in [2.45, 2.75) is 134 Å². The predicted molar refractivity (Wildman–Crippen MR) is 219 cm³/mol. The fraction of sp³-hybridized carbons (Fsp3) is 0.733. The largest absolute Gasteiger partial charge is 0.492 e. The zero-order valence-corrected chi connectivity index (χ0v) is 34.2. The second-order valence-corrected chi connectivity index (χ2v) is 16.2. The van der Waals surface area contributed by atoms with E-state index in [4.69, 9.17) is 19.0 Å². The fourth-order valence-electron chi connectivity index (χ4n) is 9.45. The topological polar surface area (TPSA) is 113 Å². The molecule has 1 amide bonds. The molecule has 10 heteroatoms. The highest BCUT2D eigenvalue weighted by Gasteiger charge is 2.65. The molecule has 308 valence electrons. The van der Waals surface area contributed by atoms with E-state index in [1.54, 1.807) is 13.2 Å². The number of carbonyl (C=O) groups excluding carboxylic acids is 1. The van der Waals surface area contributed by atoms with E-state index in [-0.39, 0.29) is 49.4 Å². The van der Waals surface area contributed by atoms with Crippen molar-refractivity contribution in [2.24, 2.45) is 22.9 Å². The molecule has 5 rings (SSSR count). The maximum Gasteiger partial charge on any atom is 0.239 e. The molecule has 2 aliphatic carbocycles. The minimum Gasteiger partial charge on any atom is -0.492 e. The summed E-state index contributed by atoms with van der Waals surface area (Å²) in [7, 11) is 3.49. The number of ether oxygens (including phenoxy) is 3. The molecule has 0 radical (unpaired) electrons. The Bertz CT molecular complexity index is 1410. The van der Waals surface area contributed by atoms with Gasteiger partial charge in [-0.3, -0.25) is 9.69 Å². The Morgan fingerprint density at radius 1 is 1.02 bits per heavy atom. The summed E-state index contributed by atoms with van der Waals surface area (Å²) in [5.74, 6) is 0.481. The average molecular weight is 766 g/mol. The number of benzene rings is 1. The lowest BCUT2D eigenvalue weighted by molar-refractivity contribution is -0.255. The SMILES string of the molecule is C=CCOC12Oc3ccc(OCCN4CC4)cc3C3C(CCCCO)C(CCCCO)C=C(C(=NOC)CC1N(C)C(=O)CCCCCCCCCCC)C32. The quantitative estimate of drug-likeness (QED) is 0.0401. The number of aliphatic hydroxyl groups excluding tert-OH is 2. The lowest BCUT2D eigenvalue weighted by atomic mass is 9.55. The molecule has 4 aliphatic rings. The Balaban J connectivity index is 1.52. The molecule has 2 heterocycles. The van der Waals surface area contributed by atoms with Gasteiger partial charge in [-0.2, -0.15) is 0 Å². The van der Waals surface area contributed by atoms with Crippen molar-refractivity contribution in [1.82, 2.24) is 9.80 Å². The smallest absolute Gasteiger partial charge is 0.239 e. The van der Waals surface area contributed by atoms with Gasteiger partial charge in [-0.05, 0) is 67.7 Å². The van der Waals surface area contributed by atoms with Crippen LogP contribution in [0.1, 0.15) is 128 Å². The van der Waals surface area contributed by atoms with Gasteiger partial charge >= 0.3 is 0 Å². The minimum atomic E-state index is -1.21. The fourth-order valence-corrected chi connectivity index (χ4v) is 9.45. The monoisotopic (exact) mass is 766 g/mol. The van der Waals surface area contributed by atoms with Crippen molar-refractivity contribution >= 4 is 11.6 Å². The van der Waals surface area contributed by atoms with Gasteiger partial charge in [0.05, 0.1) is 18.2 Å². The molecule has 6 atom stereocenters. The highest BCUT2D eigenvalue weighted by atomic mass is 16.7. The Labute approximate surface area is 331 Å². The van der Waals surface area contributed by atoms with Gasteiger partial charge in [0.15, 0.2) is 0 Å². The number of hydrogen-bond acceptors (Lipinski definition) is 9. The third kappa shape index (κ3) is 11.1. The van der Waals surface area contributed by atoms with Gasteiger partial charge in [0, 0.05) is 64.2 Å². The molecule has 0 spiro atoms. The molecule has 55 heavy (non-hydrogen) atoms. The summed E-state index contributed by atoms with van der Waals surface area (Å²) in [4.78, 5) is 23.9. The van der Waals surface area contributed by atoms with E-state index in [1.807, 2.05) is 24.1 Å². The summed E-state index contributed by atoms with van der Waals surface area (Å²) in [6.07, 6.45) is 20.9.